The standard InChI is InChI=1S/C17H25N5O2.ClH/c1-20-11-13(10-19-20)2-4-16(23)21-8-6-15-14(12-21)3-5-17(24)22(15)9-7-18;/h2,4,10-11,14-15H,3,5-9,12,18H2,1H3;1H/b4-2+;/t14-,15+;/m0./s1. The first-order chi connectivity index (χ1) is 11.6. The molecule has 8 heteroatoms. The summed E-state index contributed by atoms with van der Waals surface area (Å²) in [5.41, 5.74) is 6.56. The Morgan fingerprint density at radius 1 is 1.44 bits per heavy atom. The first kappa shape index (κ1) is 19.5. The van der Waals surface area contributed by atoms with E-state index in [1.165, 1.54) is 0 Å². The van der Waals surface area contributed by atoms with Crippen LogP contribution in [-0.4, -0.2) is 63.6 Å². The molecule has 0 saturated carbocycles. The maximum atomic E-state index is 12.4. The minimum absolute atomic E-state index is 0. The maximum Gasteiger partial charge on any atom is 0.246 e. The van der Waals surface area contributed by atoms with Crippen LogP contribution in [0.15, 0.2) is 18.5 Å². The van der Waals surface area contributed by atoms with Crippen molar-refractivity contribution in [3.05, 3.63) is 24.0 Å². The van der Waals surface area contributed by atoms with Crippen molar-refractivity contribution in [3.8, 4) is 0 Å². The fourth-order valence-electron chi connectivity index (χ4n) is 3.78. The van der Waals surface area contributed by atoms with Crippen LogP contribution in [0.1, 0.15) is 24.8 Å². The van der Waals surface area contributed by atoms with Crippen molar-refractivity contribution in [3.63, 3.8) is 0 Å². The van der Waals surface area contributed by atoms with Crippen LogP contribution in [-0.2, 0) is 16.6 Å². The topological polar surface area (TPSA) is 84.5 Å². The zero-order valence-corrected chi connectivity index (χ0v) is 15.3. The van der Waals surface area contributed by atoms with Gasteiger partial charge in [-0.25, -0.2) is 0 Å². The zero-order chi connectivity index (χ0) is 17.1. The molecular weight excluding hydrogens is 342 g/mol. The summed E-state index contributed by atoms with van der Waals surface area (Å²) in [6, 6.07) is 0.237. The number of rotatable bonds is 4. The quantitative estimate of drug-likeness (QED) is 0.792. The third kappa shape index (κ3) is 4.41. The summed E-state index contributed by atoms with van der Waals surface area (Å²) in [7, 11) is 1.85. The van der Waals surface area contributed by atoms with Gasteiger partial charge in [-0.05, 0) is 24.8 Å². The lowest BCUT2D eigenvalue weighted by molar-refractivity contribution is -0.142. The molecule has 2 saturated heterocycles. The lowest BCUT2D eigenvalue weighted by atomic mass is 9.83. The Morgan fingerprint density at radius 3 is 2.92 bits per heavy atom. The van der Waals surface area contributed by atoms with E-state index in [-0.39, 0.29) is 30.3 Å². The molecule has 1 aromatic rings. The van der Waals surface area contributed by atoms with Gasteiger partial charge in [0.2, 0.25) is 11.8 Å². The number of aromatic nitrogens is 2. The molecule has 2 aliphatic heterocycles. The van der Waals surface area contributed by atoms with Gasteiger partial charge in [0.05, 0.1) is 6.20 Å². The molecule has 138 valence electrons. The van der Waals surface area contributed by atoms with E-state index in [0.717, 1.165) is 24.9 Å². The molecule has 0 radical (unpaired) electrons. The number of carbonyl (C=O) groups excluding carboxylic acids is 2. The predicted octanol–water partition coefficient (Wildman–Crippen LogP) is 0.653. The van der Waals surface area contributed by atoms with Gasteiger partial charge < -0.3 is 15.5 Å². The summed E-state index contributed by atoms with van der Waals surface area (Å²) in [6.07, 6.45) is 9.27. The van der Waals surface area contributed by atoms with E-state index in [1.807, 2.05) is 23.0 Å². The molecule has 2 amide bonds. The third-order valence-corrected chi connectivity index (χ3v) is 4.97. The van der Waals surface area contributed by atoms with Crippen LogP contribution in [0, 0.1) is 5.92 Å². The Kier molecular flexibility index (Phi) is 6.61. The molecule has 0 spiro atoms. The Labute approximate surface area is 154 Å². The largest absolute Gasteiger partial charge is 0.339 e. The molecule has 1 aromatic heterocycles. The molecule has 0 bridgehead atoms. The van der Waals surface area contributed by atoms with Crippen molar-refractivity contribution in [1.82, 2.24) is 19.6 Å². The van der Waals surface area contributed by atoms with Crippen LogP contribution in [0.4, 0.5) is 0 Å². The highest BCUT2D eigenvalue weighted by molar-refractivity contribution is 5.91. The van der Waals surface area contributed by atoms with E-state index < -0.39 is 0 Å². The van der Waals surface area contributed by atoms with Gasteiger partial charge in [-0.15, -0.1) is 12.4 Å². The highest BCUT2D eigenvalue weighted by Crippen LogP contribution is 2.31. The Bertz CT molecular complexity index is 645. The monoisotopic (exact) mass is 367 g/mol. The summed E-state index contributed by atoms with van der Waals surface area (Å²) in [5.74, 6) is 0.594. The number of aryl methyl sites for hydroxylation is 1. The van der Waals surface area contributed by atoms with Gasteiger partial charge in [0.1, 0.15) is 0 Å². The summed E-state index contributed by atoms with van der Waals surface area (Å²) in [6.45, 7) is 2.52. The molecule has 2 N–H and O–H groups in total. The van der Waals surface area contributed by atoms with Gasteiger partial charge >= 0.3 is 0 Å². The summed E-state index contributed by atoms with van der Waals surface area (Å²) in [5, 5.41) is 4.09. The second kappa shape index (κ2) is 8.49. The molecule has 2 aliphatic rings. The first-order valence-electron chi connectivity index (χ1n) is 8.53. The van der Waals surface area contributed by atoms with Crippen molar-refractivity contribution < 1.29 is 9.59 Å². The molecule has 3 heterocycles. The zero-order valence-electron chi connectivity index (χ0n) is 14.5. The lowest BCUT2D eigenvalue weighted by Gasteiger charge is -2.46. The maximum absolute atomic E-state index is 12.4. The lowest BCUT2D eigenvalue weighted by Crippen LogP contribution is -2.57. The normalized spacial score (nSPS) is 23.5. The number of amides is 2. The van der Waals surface area contributed by atoms with Gasteiger partial charge in [-0.2, -0.15) is 5.10 Å². The van der Waals surface area contributed by atoms with Crippen molar-refractivity contribution in [2.75, 3.05) is 26.2 Å². The Balaban J connectivity index is 0.00000225. The molecular formula is C17H26ClN5O2. The van der Waals surface area contributed by atoms with Crippen molar-refractivity contribution in [2.24, 2.45) is 18.7 Å². The van der Waals surface area contributed by atoms with Crippen LogP contribution >= 0.6 is 12.4 Å². The molecule has 0 aliphatic carbocycles. The average Bonchev–Trinajstić information content (AvgIpc) is 3.00. The third-order valence-electron chi connectivity index (χ3n) is 4.97. The van der Waals surface area contributed by atoms with E-state index in [4.69, 9.17) is 5.73 Å². The van der Waals surface area contributed by atoms with Gasteiger partial charge in [0.15, 0.2) is 0 Å². The number of nitrogens with zero attached hydrogens (tertiary/aromatic N) is 4. The number of halogens is 1. The highest BCUT2D eigenvalue weighted by Gasteiger charge is 2.39. The summed E-state index contributed by atoms with van der Waals surface area (Å²) >= 11 is 0. The molecule has 7 nitrogen and oxygen atoms in total. The number of nitrogens with two attached hydrogens (primary N) is 1. The van der Waals surface area contributed by atoms with Gasteiger partial charge in [-0.3, -0.25) is 14.3 Å². The average molecular weight is 368 g/mol. The van der Waals surface area contributed by atoms with E-state index in [9.17, 15) is 9.59 Å². The SMILES string of the molecule is Cl.Cn1cc(/C=C/C(=O)N2CC[C@@H]3[C@@H](CCC(=O)N3CCN)C2)cn1. The smallest absolute Gasteiger partial charge is 0.246 e. The first-order valence-corrected chi connectivity index (χ1v) is 8.53. The van der Waals surface area contributed by atoms with Crippen LogP contribution in [0.3, 0.4) is 0 Å². The summed E-state index contributed by atoms with van der Waals surface area (Å²) in [4.78, 5) is 28.3. The van der Waals surface area contributed by atoms with Crippen molar-refractivity contribution >= 4 is 30.3 Å². The van der Waals surface area contributed by atoms with Crippen LogP contribution in [0.25, 0.3) is 6.08 Å². The molecule has 0 aromatic carbocycles. The highest BCUT2D eigenvalue weighted by atomic mass is 35.5. The van der Waals surface area contributed by atoms with Gasteiger partial charge in [0.25, 0.3) is 0 Å². The molecule has 3 rings (SSSR count). The number of hydrogen-bond acceptors (Lipinski definition) is 4. The summed E-state index contributed by atoms with van der Waals surface area (Å²) < 4.78 is 1.71. The van der Waals surface area contributed by atoms with E-state index >= 15 is 0 Å². The van der Waals surface area contributed by atoms with Gasteiger partial charge in [0, 0.05) is 63.5 Å². The van der Waals surface area contributed by atoms with E-state index in [1.54, 1.807) is 23.0 Å². The molecule has 2 fully saturated rings. The minimum atomic E-state index is 0. The van der Waals surface area contributed by atoms with E-state index in [0.29, 0.717) is 32.0 Å². The predicted molar refractivity (Wildman–Crippen MR) is 98.0 cm³/mol. The minimum Gasteiger partial charge on any atom is -0.339 e. The fraction of sp³-hybridized carbons (Fsp3) is 0.588. The second-order valence-electron chi connectivity index (χ2n) is 6.60. The number of likely N-dealkylation sites (tertiary alicyclic amines) is 2. The molecule has 2 atom stereocenters. The Morgan fingerprint density at radius 2 is 2.24 bits per heavy atom. The van der Waals surface area contributed by atoms with Crippen LogP contribution in [0.2, 0.25) is 0 Å². The number of carbonyl (C=O) groups is 2. The van der Waals surface area contributed by atoms with Crippen molar-refractivity contribution in [2.45, 2.75) is 25.3 Å². The van der Waals surface area contributed by atoms with Gasteiger partial charge in [-0.1, -0.05) is 0 Å². The van der Waals surface area contributed by atoms with Crippen LogP contribution < -0.4 is 5.73 Å². The number of fused-ring (bicyclic) bond motifs is 1. The molecule has 25 heavy (non-hydrogen) atoms. The Hall–Kier alpha value is -1.86. The molecule has 0 unspecified atom stereocenters. The van der Waals surface area contributed by atoms with Crippen LogP contribution in [0.5, 0.6) is 0 Å². The second-order valence-corrected chi connectivity index (χ2v) is 6.60. The number of piperidine rings is 2. The number of hydrogen-bond donors (Lipinski definition) is 1. The fourth-order valence-corrected chi connectivity index (χ4v) is 3.78. The van der Waals surface area contributed by atoms with E-state index in [2.05, 4.69) is 5.10 Å². The van der Waals surface area contributed by atoms with Crippen molar-refractivity contribution in [1.29, 1.82) is 0 Å².